The number of halogens is 1. The highest BCUT2D eigenvalue weighted by Crippen LogP contribution is 2.22. The lowest BCUT2D eigenvalue weighted by atomic mass is 9.96. The molecule has 0 spiro atoms. The van der Waals surface area contributed by atoms with Gasteiger partial charge in [0.2, 0.25) is 0 Å². The molecule has 0 fully saturated rings. The first-order valence-corrected chi connectivity index (χ1v) is 7.57. The fourth-order valence-electron chi connectivity index (χ4n) is 1.61. The lowest BCUT2D eigenvalue weighted by molar-refractivity contribution is 0.546. The van der Waals surface area contributed by atoms with Gasteiger partial charge in [0.25, 0.3) is 0 Å². The van der Waals surface area contributed by atoms with E-state index in [1.807, 2.05) is 0 Å². The predicted octanol–water partition coefficient (Wildman–Crippen LogP) is 4.14. The first kappa shape index (κ1) is 14.3. The molecule has 2 rings (SSSR count). The van der Waals surface area contributed by atoms with E-state index in [9.17, 15) is 0 Å². The molecule has 0 bridgehead atoms. The van der Waals surface area contributed by atoms with E-state index < -0.39 is 0 Å². The highest BCUT2D eigenvalue weighted by Gasteiger charge is 2.18. The highest BCUT2D eigenvalue weighted by molar-refractivity contribution is 7.07. The Morgan fingerprint density at radius 2 is 2.11 bits per heavy atom. The zero-order valence-corrected chi connectivity index (χ0v) is 13.0. The molecule has 0 amide bonds. The number of nitrogens with one attached hydrogen (secondary N) is 1. The van der Waals surface area contributed by atoms with Crippen LogP contribution in [0.4, 0.5) is 5.82 Å². The molecule has 0 aliphatic rings. The summed E-state index contributed by atoms with van der Waals surface area (Å²) in [5.74, 6) is 1.55. The van der Waals surface area contributed by atoms with Crippen LogP contribution in [-0.2, 0) is 11.8 Å². The third kappa shape index (κ3) is 4.18. The summed E-state index contributed by atoms with van der Waals surface area (Å²) in [6, 6.07) is 3.91. The Morgan fingerprint density at radius 1 is 1.32 bits per heavy atom. The van der Waals surface area contributed by atoms with E-state index >= 15 is 0 Å². The lowest BCUT2D eigenvalue weighted by Crippen LogP contribution is -2.17. The van der Waals surface area contributed by atoms with E-state index in [0.29, 0.717) is 5.15 Å². The predicted molar refractivity (Wildman–Crippen MR) is 82.3 cm³/mol. The molecular weight excluding hydrogens is 278 g/mol. The van der Waals surface area contributed by atoms with Gasteiger partial charge in [0.1, 0.15) is 16.8 Å². The van der Waals surface area contributed by atoms with Crippen LogP contribution in [0.15, 0.2) is 22.9 Å². The second kappa shape index (κ2) is 5.88. The van der Waals surface area contributed by atoms with Crippen molar-refractivity contribution in [2.24, 2.45) is 0 Å². The third-order valence-electron chi connectivity index (χ3n) is 2.67. The fourth-order valence-corrected chi connectivity index (χ4v) is 2.50. The van der Waals surface area contributed by atoms with Crippen molar-refractivity contribution in [3.63, 3.8) is 0 Å². The van der Waals surface area contributed by atoms with Crippen molar-refractivity contribution in [2.45, 2.75) is 32.6 Å². The zero-order chi connectivity index (χ0) is 13.9. The molecule has 1 N–H and O–H groups in total. The van der Waals surface area contributed by atoms with Gasteiger partial charge in [-0.15, -0.1) is 0 Å². The molecule has 0 saturated carbocycles. The lowest BCUT2D eigenvalue weighted by Gasteiger charge is -2.17. The number of hydrogen-bond acceptors (Lipinski definition) is 4. The third-order valence-corrected chi connectivity index (χ3v) is 3.59. The summed E-state index contributed by atoms with van der Waals surface area (Å²) in [5, 5.41) is 8.04. The Morgan fingerprint density at radius 3 is 2.74 bits per heavy atom. The van der Waals surface area contributed by atoms with Crippen LogP contribution in [0.3, 0.4) is 0 Å². The van der Waals surface area contributed by atoms with Gasteiger partial charge in [0.05, 0.1) is 0 Å². The summed E-state index contributed by atoms with van der Waals surface area (Å²) in [6.07, 6.45) is 0.982. The van der Waals surface area contributed by atoms with Crippen LogP contribution in [0, 0.1) is 0 Å². The molecule has 2 heterocycles. The molecule has 0 aromatic carbocycles. The molecule has 0 aliphatic carbocycles. The number of rotatable bonds is 4. The minimum Gasteiger partial charge on any atom is -0.370 e. The van der Waals surface area contributed by atoms with Crippen LogP contribution in [0.5, 0.6) is 0 Å². The zero-order valence-electron chi connectivity index (χ0n) is 11.4. The van der Waals surface area contributed by atoms with E-state index in [0.717, 1.165) is 24.6 Å². The molecule has 2 aromatic heterocycles. The van der Waals surface area contributed by atoms with Gasteiger partial charge >= 0.3 is 0 Å². The summed E-state index contributed by atoms with van der Waals surface area (Å²) in [5.41, 5.74) is 1.24. The number of aromatic nitrogens is 2. The molecule has 0 radical (unpaired) electrons. The Hall–Kier alpha value is -1.13. The van der Waals surface area contributed by atoms with Crippen molar-refractivity contribution in [1.29, 1.82) is 0 Å². The van der Waals surface area contributed by atoms with Gasteiger partial charge < -0.3 is 5.32 Å². The number of anilines is 1. The van der Waals surface area contributed by atoms with E-state index in [2.05, 4.69) is 52.9 Å². The summed E-state index contributed by atoms with van der Waals surface area (Å²) < 4.78 is 0. The molecule has 2 aromatic rings. The fraction of sp³-hybridized carbons (Fsp3) is 0.429. The van der Waals surface area contributed by atoms with Crippen LogP contribution < -0.4 is 5.32 Å². The molecule has 19 heavy (non-hydrogen) atoms. The molecule has 3 nitrogen and oxygen atoms in total. The molecule has 5 heteroatoms. The van der Waals surface area contributed by atoms with Gasteiger partial charge in [-0.1, -0.05) is 32.4 Å². The normalized spacial score (nSPS) is 11.6. The van der Waals surface area contributed by atoms with Crippen molar-refractivity contribution in [1.82, 2.24) is 9.97 Å². The van der Waals surface area contributed by atoms with Crippen molar-refractivity contribution in [3.05, 3.63) is 39.4 Å². The van der Waals surface area contributed by atoms with Crippen LogP contribution in [0.1, 0.15) is 32.2 Å². The Balaban J connectivity index is 2.02. The summed E-state index contributed by atoms with van der Waals surface area (Å²) in [6.45, 7) is 7.07. The van der Waals surface area contributed by atoms with Crippen LogP contribution in [0.2, 0.25) is 5.15 Å². The maximum atomic E-state index is 6.05. The summed E-state index contributed by atoms with van der Waals surface area (Å²) in [7, 11) is 0. The van der Waals surface area contributed by atoms with E-state index in [-0.39, 0.29) is 5.41 Å². The largest absolute Gasteiger partial charge is 0.370 e. The minimum atomic E-state index is -0.102. The quantitative estimate of drug-likeness (QED) is 0.861. The van der Waals surface area contributed by atoms with Crippen molar-refractivity contribution in [2.75, 3.05) is 11.9 Å². The van der Waals surface area contributed by atoms with E-state index in [1.165, 1.54) is 5.56 Å². The molecule has 0 saturated heterocycles. The van der Waals surface area contributed by atoms with Gasteiger partial charge in [0.15, 0.2) is 0 Å². The topological polar surface area (TPSA) is 37.8 Å². The maximum Gasteiger partial charge on any atom is 0.137 e. The second-order valence-electron chi connectivity index (χ2n) is 5.46. The number of thiophene rings is 1. The Labute approximate surface area is 123 Å². The number of nitrogens with zero attached hydrogens (tertiary/aromatic N) is 2. The van der Waals surface area contributed by atoms with Crippen LogP contribution >= 0.6 is 22.9 Å². The first-order chi connectivity index (χ1) is 8.95. The molecule has 102 valence electrons. The van der Waals surface area contributed by atoms with Gasteiger partial charge in [-0.3, -0.25) is 0 Å². The van der Waals surface area contributed by atoms with Crippen LogP contribution in [-0.4, -0.2) is 16.5 Å². The van der Waals surface area contributed by atoms with Gasteiger partial charge in [-0.2, -0.15) is 11.3 Å². The molecule has 0 atom stereocenters. The smallest absolute Gasteiger partial charge is 0.137 e. The minimum absolute atomic E-state index is 0.102. The van der Waals surface area contributed by atoms with Crippen molar-refractivity contribution < 1.29 is 0 Å². The molecule has 0 aliphatic heterocycles. The summed E-state index contributed by atoms with van der Waals surface area (Å²) >= 11 is 7.76. The van der Waals surface area contributed by atoms with E-state index in [1.54, 1.807) is 17.4 Å². The maximum absolute atomic E-state index is 6.05. The molecular formula is C14H18ClN3S. The van der Waals surface area contributed by atoms with Crippen molar-refractivity contribution in [3.8, 4) is 0 Å². The van der Waals surface area contributed by atoms with Gasteiger partial charge in [-0.05, 0) is 28.8 Å². The van der Waals surface area contributed by atoms with E-state index in [4.69, 9.17) is 11.6 Å². The van der Waals surface area contributed by atoms with Gasteiger partial charge in [0, 0.05) is 18.0 Å². The van der Waals surface area contributed by atoms with Gasteiger partial charge in [-0.25, -0.2) is 9.97 Å². The number of hydrogen-bond donors (Lipinski definition) is 1. The monoisotopic (exact) mass is 295 g/mol. The SMILES string of the molecule is CC(C)(C)c1nc(Cl)cc(NCCc2ccsc2)n1. The first-order valence-electron chi connectivity index (χ1n) is 6.25. The van der Waals surface area contributed by atoms with Crippen molar-refractivity contribution >= 4 is 28.8 Å². The Kier molecular flexibility index (Phi) is 4.42. The van der Waals surface area contributed by atoms with Crippen LogP contribution in [0.25, 0.3) is 0 Å². The summed E-state index contributed by atoms with van der Waals surface area (Å²) in [4.78, 5) is 8.80. The second-order valence-corrected chi connectivity index (χ2v) is 6.63. The molecule has 0 unspecified atom stereocenters. The standard InChI is InChI=1S/C14H18ClN3S/c1-14(2,3)13-17-11(15)8-12(18-13)16-6-4-10-5-7-19-9-10/h5,7-9H,4,6H2,1-3H3,(H,16,17,18). The Bertz CT molecular complexity index is 532. The highest BCUT2D eigenvalue weighted by atomic mass is 35.5. The average molecular weight is 296 g/mol. The average Bonchev–Trinajstić information content (AvgIpc) is 2.80.